The molecule has 112 valence electrons. The first-order valence-electron chi connectivity index (χ1n) is 6.86. The van der Waals surface area contributed by atoms with Gasteiger partial charge in [0.1, 0.15) is 0 Å². The normalized spacial score (nSPS) is 12.2. The lowest BCUT2D eigenvalue weighted by Crippen LogP contribution is -2.15. The molecule has 1 aromatic carbocycles. The fraction of sp³-hybridized carbons (Fsp3) is 0.400. The van der Waals surface area contributed by atoms with Gasteiger partial charge in [0.05, 0.1) is 5.25 Å². The average Bonchev–Trinajstić information content (AvgIpc) is 2.88. The molecule has 0 bridgehead atoms. The first kappa shape index (κ1) is 16.0. The van der Waals surface area contributed by atoms with Crippen molar-refractivity contribution >= 4 is 34.0 Å². The van der Waals surface area contributed by atoms with Crippen LogP contribution in [0.15, 0.2) is 22.5 Å². The molecule has 0 saturated carbocycles. The highest BCUT2D eigenvalue weighted by Gasteiger charge is 2.20. The maximum atomic E-state index is 12.6. The zero-order valence-corrected chi connectivity index (χ0v) is 14.3. The van der Waals surface area contributed by atoms with E-state index in [2.05, 4.69) is 15.5 Å². The lowest BCUT2D eigenvalue weighted by molar-refractivity contribution is 0.0993. The molecule has 0 amide bonds. The molecule has 1 atom stereocenters. The second kappa shape index (κ2) is 7.04. The number of benzene rings is 1. The second-order valence-electron chi connectivity index (χ2n) is 4.85. The number of carbonyl (C=O) groups is 1. The number of thioether (sulfide) groups is 1. The zero-order valence-electron chi connectivity index (χ0n) is 12.6. The van der Waals surface area contributed by atoms with Gasteiger partial charge in [0, 0.05) is 12.1 Å². The Morgan fingerprint density at radius 1 is 1.38 bits per heavy atom. The minimum Gasteiger partial charge on any atom is -0.360 e. The summed E-state index contributed by atoms with van der Waals surface area (Å²) < 4.78 is 0.817. The molecule has 0 fully saturated rings. The molecule has 2 aromatic rings. The first-order valence-corrected chi connectivity index (χ1v) is 8.56. The number of carbonyl (C=O) groups excluding carboxylic acids is 1. The van der Waals surface area contributed by atoms with Crippen LogP contribution in [0.5, 0.6) is 0 Å². The molecule has 6 heteroatoms. The number of Topliss-reactive ketones (excluding diaryl/α,β-unsaturated/α-hetero) is 1. The highest BCUT2D eigenvalue weighted by atomic mass is 32.2. The van der Waals surface area contributed by atoms with Gasteiger partial charge < -0.3 is 5.32 Å². The number of nitrogens with zero attached hydrogens (tertiary/aromatic N) is 2. The predicted octanol–water partition coefficient (Wildman–Crippen LogP) is 3.95. The van der Waals surface area contributed by atoms with Crippen molar-refractivity contribution in [2.75, 3.05) is 11.9 Å². The molecular weight excluding hydrogens is 302 g/mol. The monoisotopic (exact) mass is 321 g/mol. The number of hydrogen-bond donors (Lipinski definition) is 1. The van der Waals surface area contributed by atoms with Crippen LogP contribution in [0.2, 0.25) is 0 Å². The third-order valence-electron chi connectivity index (χ3n) is 3.04. The zero-order chi connectivity index (χ0) is 15.4. The molecule has 21 heavy (non-hydrogen) atoms. The number of hydrogen-bond acceptors (Lipinski definition) is 6. The highest BCUT2D eigenvalue weighted by molar-refractivity contribution is 8.02. The van der Waals surface area contributed by atoms with Crippen LogP contribution in [0.4, 0.5) is 5.13 Å². The van der Waals surface area contributed by atoms with E-state index in [9.17, 15) is 4.79 Å². The van der Waals surface area contributed by atoms with E-state index in [1.54, 1.807) is 0 Å². The molecule has 0 aliphatic carbocycles. The van der Waals surface area contributed by atoms with Crippen LogP contribution < -0.4 is 5.32 Å². The van der Waals surface area contributed by atoms with E-state index in [0.29, 0.717) is 0 Å². The fourth-order valence-electron chi connectivity index (χ4n) is 1.91. The van der Waals surface area contributed by atoms with Crippen molar-refractivity contribution in [1.29, 1.82) is 0 Å². The quantitative estimate of drug-likeness (QED) is 0.645. The van der Waals surface area contributed by atoms with Gasteiger partial charge in [0.25, 0.3) is 0 Å². The molecule has 0 unspecified atom stereocenters. The minimum atomic E-state index is -0.173. The van der Waals surface area contributed by atoms with Crippen molar-refractivity contribution < 1.29 is 4.79 Å². The Morgan fingerprint density at radius 2 is 2.14 bits per heavy atom. The number of ketones is 1. The predicted molar refractivity (Wildman–Crippen MR) is 89.6 cm³/mol. The molecular formula is C15H19N3OS2. The van der Waals surface area contributed by atoms with Crippen molar-refractivity contribution in [2.45, 2.75) is 37.3 Å². The summed E-state index contributed by atoms with van der Waals surface area (Å²) in [5.74, 6) is 0.140. The van der Waals surface area contributed by atoms with E-state index in [-0.39, 0.29) is 11.0 Å². The third-order valence-corrected chi connectivity index (χ3v) is 5.11. The van der Waals surface area contributed by atoms with E-state index in [1.807, 2.05) is 45.9 Å². The van der Waals surface area contributed by atoms with Gasteiger partial charge in [-0.05, 0) is 39.3 Å². The Morgan fingerprint density at radius 3 is 2.86 bits per heavy atom. The van der Waals surface area contributed by atoms with Crippen LogP contribution in [-0.4, -0.2) is 27.8 Å². The molecule has 0 radical (unpaired) electrons. The van der Waals surface area contributed by atoms with Gasteiger partial charge in [-0.1, -0.05) is 40.8 Å². The van der Waals surface area contributed by atoms with Gasteiger partial charge in [0.15, 0.2) is 10.1 Å². The second-order valence-corrected chi connectivity index (χ2v) is 7.41. The number of anilines is 1. The summed E-state index contributed by atoms with van der Waals surface area (Å²) in [5.41, 5.74) is 2.92. The van der Waals surface area contributed by atoms with Crippen LogP contribution in [0.3, 0.4) is 0 Å². The molecule has 1 aromatic heterocycles. The van der Waals surface area contributed by atoms with Crippen LogP contribution in [-0.2, 0) is 0 Å². The summed E-state index contributed by atoms with van der Waals surface area (Å²) in [5, 5.41) is 11.9. The Balaban J connectivity index is 2.09. The molecule has 1 N–H and O–H groups in total. The number of aromatic nitrogens is 2. The lowest BCUT2D eigenvalue weighted by Gasteiger charge is -2.11. The summed E-state index contributed by atoms with van der Waals surface area (Å²) in [4.78, 5) is 12.6. The molecule has 1 heterocycles. The Bertz CT molecular complexity index is 640. The minimum absolute atomic E-state index is 0.140. The fourth-order valence-corrected chi connectivity index (χ4v) is 3.94. The largest absolute Gasteiger partial charge is 0.360 e. The van der Waals surface area contributed by atoms with Gasteiger partial charge in [-0.3, -0.25) is 4.79 Å². The van der Waals surface area contributed by atoms with Crippen molar-refractivity contribution in [1.82, 2.24) is 10.2 Å². The van der Waals surface area contributed by atoms with Gasteiger partial charge in [-0.25, -0.2) is 0 Å². The summed E-state index contributed by atoms with van der Waals surface area (Å²) in [6, 6.07) is 5.98. The molecule has 0 saturated heterocycles. The van der Waals surface area contributed by atoms with Gasteiger partial charge in [-0.15, -0.1) is 10.2 Å². The number of rotatable bonds is 6. The van der Waals surface area contributed by atoms with Crippen LogP contribution in [0.1, 0.15) is 35.3 Å². The SMILES string of the molecule is CCNc1nnc(S[C@@H](C)C(=O)c2cc(C)ccc2C)s1. The van der Waals surface area contributed by atoms with Crippen molar-refractivity contribution in [3.8, 4) is 0 Å². The van der Waals surface area contributed by atoms with E-state index >= 15 is 0 Å². The summed E-state index contributed by atoms with van der Waals surface area (Å²) in [6.45, 7) is 8.72. The molecule has 0 spiro atoms. The van der Waals surface area contributed by atoms with Crippen LogP contribution in [0, 0.1) is 13.8 Å². The van der Waals surface area contributed by atoms with E-state index < -0.39 is 0 Å². The molecule has 0 aliphatic rings. The molecule has 2 rings (SSSR count). The maximum Gasteiger partial charge on any atom is 0.206 e. The van der Waals surface area contributed by atoms with Gasteiger partial charge in [0.2, 0.25) is 5.13 Å². The Labute approximate surface area is 133 Å². The highest BCUT2D eigenvalue weighted by Crippen LogP contribution is 2.30. The maximum absolute atomic E-state index is 12.6. The van der Waals surface area contributed by atoms with Gasteiger partial charge in [-0.2, -0.15) is 0 Å². The summed E-state index contributed by atoms with van der Waals surface area (Å²) in [7, 11) is 0. The topological polar surface area (TPSA) is 54.9 Å². The molecule has 0 aliphatic heterocycles. The summed E-state index contributed by atoms with van der Waals surface area (Å²) >= 11 is 2.95. The van der Waals surface area contributed by atoms with E-state index in [0.717, 1.165) is 32.7 Å². The Kier molecular flexibility index (Phi) is 5.36. The van der Waals surface area contributed by atoms with Gasteiger partial charge >= 0.3 is 0 Å². The van der Waals surface area contributed by atoms with Crippen LogP contribution >= 0.6 is 23.1 Å². The third kappa shape index (κ3) is 4.04. The van der Waals surface area contributed by atoms with Crippen molar-refractivity contribution in [2.24, 2.45) is 0 Å². The first-order chi connectivity index (χ1) is 10.0. The van der Waals surface area contributed by atoms with Crippen molar-refractivity contribution in [3.05, 3.63) is 34.9 Å². The van der Waals surface area contributed by atoms with E-state index in [4.69, 9.17) is 0 Å². The van der Waals surface area contributed by atoms with Crippen molar-refractivity contribution in [3.63, 3.8) is 0 Å². The van der Waals surface area contributed by atoms with Crippen LogP contribution in [0.25, 0.3) is 0 Å². The Hall–Kier alpha value is -1.40. The standard InChI is InChI=1S/C15H19N3OS2/c1-5-16-14-17-18-15(21-14)20-11(4)13(19)12-8-9(2)6-7-10(12)3/h6-8,11H,5H2,1-4H3,(H,16,17)/t11-/m0/s1. The number of nitrogens with one attached hydrogen (secondary N) is 1. The van der Waals surface area contributed by atoms with E-state index in [1.165, 1.54) is 23.1 Å². The number of aryl methyl sites for hydroxylation is 2. The molecule has 4 nitrogen and oxygen atoms in total. The average molecular weight is 321 g/mol. The lowest BCUT2D eigenvalue weighted by atomic mass is 10.0. The summed E-state index contributed by atoms with van der Waals surface area (Å²) in [6.07, 6.45) is 0. The smallest absolute Gasteiger partial charge is 0.206 e.